The van der Waals surface area contributed by atoms with E-state index in [0.717, 1.165) is 0 Å². The van der Waals surface area contributed by atoms with Crippen molar-refractivity contribution in [2.75, 3.05) is 13.7 Å². The minimum Gasteiger partial charge on any atom is -0.394 e. The molecule has 0 aromatic heterocycles. The number of nitrogens with zero attached hydrogens (tertiary/aromatic N) is 1. The smallest absolute Gasteiger partial charge is 0.243 e. The second kappa shape index (κ2) is 2.46. The molecule has 0 radical (unpaired) electrons. The SMILES string of the molecule is CN1C(=O)C(CO)NC1(C)C. The lowest BCUT2D eigenvalue weighted by Gasteiger charge is -2.26. The Morgan fingerprint density at radius 2 is 2.27 bits per heavy atom. The van der Waals surface area contributed by atoms with Crippen LogP contribution in [0.2, 0.25) is 0 Å². The van der Waals surface area contributed by atoms with Gasteiger partial charge in [0.15, 0.2) is 0 Å². The van der Waals surface area contributed by atoms with Crippen molar-refractivity contribution in [3.63, 3.8) is 0 Å². The van der Waals surface area contributed by atoms with Gasteiger partial charge >= 0.3 is 0 Å². The summed E-state index contributed by atoms with van der Waals surface area (Å²) >= 11 is 0. The average Bonchev–Trinajstić information content (AvgIpc) is 2.13. The lowest BCUT2D eigenvalue weighted by Crippen LogP contribution is -2.45. The van der Waals surface area contributed by atoms with Crippen molar-refractivity contribution in [2.45, 2.75) is 25.6 Å². The third-order valence-electron chi connectivity index (χ3n) is 2.18. The number of nitrogens with one attached hydrogen (secondary N) is 1. The molecular formula is C7H14N2O2. The van der Waals surface area contributed by atoms with Gasteiger partial charge in [-0.2, -0.15) is 0 Å². The summed E-state index contributed by atoms with van der Waals surface area (Å²) < 4.78 is 0. The first-order valence-corrected chi connectivity index (χ1v) is 3.65. The molecule has 1 unspecified atom stereocenters. The molecule has 2 N–H and O–H groups in total. The first-order valence-electron chi connectivity index (χ1n) is 3.65. The van der Waals surface area contributed by atoms with E-state index in [0.29, 0.717) is 0 Å². The molecule has 1 aliphatic rings. The van der Waals surface area contributed by atoms with Gasteiger partial charge < -0.3 is 10.0 Å². The minimum absolute atomic E-state index is 0.0440. The number of rotatable bonds is 1. The van der Waals surface area contributed by atoms with E-state index in [2.05, 4.69) is 5.32 Å². The van der Waals surface area contributed by atoms with E-state index in [4.69, 9.17) is 5.11 Å². The summed E-state index contributed by atoms with van der Waals surface area (Å²) in [4.78, 5) is 12.9. The maximum absolute atomic E-state index is 11.3. The van der Waals surface area contributed by atoms with Gasteiger partial charge in [-0.15, -0.1) is 0 Å². The van der Waals surface area contributed by atoms with Crippen LogP contribution in [0.5, 0.6) is 0 Å². The topological polar surface area (TPSA) is 52.6 Å². The van der Waals surface area contributed by atoms with Crippen LogP contribution in [-0.2, 0) is 4.79 Å². The lowest BCUT2D eigenvalue weighted by molar-refractivity contribution is -0.130. The van der Waals surface area contributed by atoms with Crippen LogP contribution in [0.25, 0.3) is 0 Å². The Bertz CT molecular complexity index is 179. The van der Waals surface area contributed by atoms with Gasteiger partial charge in [-0.25, -0.2) is 0 Å². The summed E-state index contributed by atoms with van der Waals surface area (Å²) in [6.45, 7) is 3.67. The third kappa shape index (κ3) is 1.23. The van der Waals surface area contributed by atoms with Crippen molar-refractivity contribution in [2.24, 2.45) is 0 Å². The van der Waals surface area contributed by atoms with Crippen LogP contribution in [0.15, 0.2) is 0 Å². The normalized spacial score (nSPS) is 29.6. The van der Waals surface area contributed by atoms with Crippen LogP contribution in [0.3, 0.4) is 0 Å². The van der Waals surface area contributed by atoms with Gasteiger partial charge in [0.25, 0.3) is 0 Å². The number of hydrogen-bond acceptors (Lipinski definition) is 3. The number of likely N-dealkylation sites (N-methyl/N-ethyl adjacent to an activating group) is 1. The number of carbonyl (C=O) groups excluding carboxylic acids is 1. The van der Waals surface area contributed by atoms with Crippen molar-refractivity contribution < 1.29 is 9.90 Å². The zero-order chi connectivity index (χ0) is 8.65. The summed E-state index contributed by atoms with van der Waals surface area (Å²) in [6, 6.07) is -0.421. The summed E-state index contributed by atoms with van der Waals surface area (Å²) in [5, 5.41) is 11.8. The van der Waals surface area contributed by atoms with E-state index in [1.807, 2.05) is 13.8 Å². The molecule has 0 aromatic carbocycles. The molecule has 0 aromatic rings. The van der Waals surface area contributed by atoms with Gasteiger partial charge in [0.2, 0.25) is 5.91 Å². The van der Waals surface area contributed by atoms with Gasteiger partial charge in [0.05, 0.1) is 12.3 Å². The molecule has 1 aliphatic heterocycles. The number of amides is 1. The van der Waals surface area contributed by atoms with Crippen molar-refractivity contribution >= 4 is 5.91 Å². The Morgan fingerprint density at radius 3 is 2.45 bits per heavy atom. The number of aliphatic hydroxyl groups is 1. The molecule has 0 saturated carbocycles. The zero-order valence-corrected chi connectivity index (χ0v) is 7.09. The minimum atomic E-state index is -0.421. The molecule has 1 atom stereocenters. The summed E-state index contributed by atoms with van der Waals surface area (Å²) in [5.41, 5.74) is -0.329. The Balaban J connectivity index is 2.77. The number of carbonyl (C=O) groups is 1. The molecule has 1 saturated heterocycles. The second-order valence-electron chi connectivity index (χ2n) is 3.34. The first-order chi connectivity index (χ1) is 4.99. The summed E-state index contributed by atoms with van der Waals surface area (Å²) in [7, 11) is 1.73. The van der Waals surface area contributed by atoms with Crippen LogP contribution >= 0.6 is 0 Å². The molecule has 1 heterocycles. The quantitative estimate of drug-likeness (QED) is 0.522. The van der Waals surface area contributed by atoms with Crippen LogP contribution in [0, 0.1) is 0 Å². The van der Waals surface area contributed by atoms with Crippen molar-refractivity contribution in [3.8, 4) is 0 Å². The first kappa shape index (κ1) is 8.49. The Kier molecular flexibility index (Phi) is 1.90. The van der Waals surface area contributed by atoms with E-state index < -0.39 is 6.04 Å². The zero-order valence-electron chi connectivity index (χ0n) is 7.09. The third-order valence-corrected chi connectivity index (χ3v) is 2.18. The number of hydrogen-bond donors (Lipinski definition) is 2. The predicted octanol–water partition coefficient (Wildman–Crippen LogP) is -0.855. The Hall–Kier alpha value is -0.610. The monoisotopic (exact) mass is 158 g/mol. The van der Waals surface area contributed by atoms with Crippen LogP contribution in [0.1, 0.15) is 13.8 Å². The standard InChI is InChI=1S/C7H14N2O2/c1-7(2)8-5(4-10)6(11)9(7)3/h5,8,10H,4H2,1-3H3. The molecule has 4 nitrogen and oxygen atoms in total. The van der Waals surface area contributed by atoms with E-state index in [1.165, 1.54) is 0 Å². The van der Waals surface area contributed by atoms with Gasteiger partial charge in [-0.3, -0.25) is 10.1 Å². The molecule has 1 amide bonds. The molecule has 4 heteroatoms. The lowest BCUT2D eigenvalue weighted by atomic mass is 10.2. The highest BCUT2D eigenvalue weighted by Gasteiger charge is 2.41. The summed E-state index contributed by atoms with van der Waals surface area (Å²) in [5.74, 6) is -0.0440. The largest absolute Gasteiger partial charge is 0.394 e. The van der Waals surface area contributed by atoms with Crippen LogP contribution in [-0.4, -0.2) is 41.3 Å². The predicted molar refractivity (Wildman–Crippen MR) is 40.9 cm³/mol. The van der Waals surface area contributed by atoms with Crippen molar-refractivity contribution in [1.82, 2.24) is 10.2 Å². The Labute approximate surface area is 66.2 Å². The average molecular weight is 158 g/mol. The van der Waals surface area contributed by atoms with Gasteiger partial charge in [0, 0.05) is 7.05 Å². The molecule has 1 fully saturated rings. The molecule has 11 heavy (non-hydrogen) atoms. The maximum Gasteiger partial charge on any atom is 0.243 e. The molecule has 0 aliphatic carbocycles. The van der Waals surface area contributed by atoms with Crippen molar-refractivity contribution in [3.05, 3.63) is 0 Å². The fourth-order valence-electron chi connectivity index (χ4n) is 1.22. The van der Waals surface area contributed by atoms with Gasteiger partial charge in [0.1, 0.15) is 6.04 Å². The number of aliphatic hydroxyl groups excluding tert-OH is 1. The molecule has 0 spiro atoms. The van der Waals surface area contributed by atoms with E-state index in [9.17, 15) is 4.79 Å². The van der Waals surface area contributed by atoms with Crippen LogP contribution < -0.4 is 5.32 Å². The fraction of sp³-hybridized carbons (Fsp3) is 0.857. The highest BCUT2D eigenvalue weighted by molar-refractivity contribution is 5.84. The Morgan fingerprint density at radius 1 is 1.73 bits per heavy atom. The molecule has 0 bridgehead atoms. The van der Waals surface area contributed by atoms with E-state index in [-0.39, 0.29) is 18.2 Å². The summed E-state index contributed by atoms with van der Waals surface area (Å²) in [6.07, 6.45) is 0. The second-order valence-corrected chi connectivity index (χ2v) is 3.34. The van der Waals surface area contributed by atoms with Crippen molar-refractivity contribution in [1.29, 1.82) is 0 Å². The molecular weight excluding hydrogens is 144 g/mol. The maximum atomic E-state index is 11.3. The van der Waals surface area contributed by atoms with Gasteiger partial charge in [-0.1, -0.05) is 0 Å². The molecule has 64 valence electrons. The van der Waals surface area contributed by atoms with E-state index >= 15 is 0 Å². The van der Waals surface area contributed by atoms with Crippen LogP contribution in [0.4, 0.5) is 0 Å². The molecule has 1 rings (SSSR count). The highest BCUT2D eigenvalue weighted by Crippen LogP contribution is 2.17. The fourth-order valence-corrected chi connectivity index (χ4v) is 1.22. The highest BCUT2D eigenvalue weighted by atomic mass is 16.3. The van der Waals surface area contributed by atoms with E-state index in [1.54, 1.807) is 11.9 Å². The van der Waals surface area contributed by atoms with Gasteiger partial charge in [-0.05, 0) is 13.8 Å².